The Hall–Kier alpha value is -0.910. The number of morpholine rings is 1. The van der Waals surface area contributed by atoms with Gasteiger partial charge < -0.3 is 9.64 Å². The van der Waals surface area contributed by atoms with Crippen LogP contribution < -0.4 is 0 Å². The average Bonchev–Trinajstić information content (AvgIpc) is 2.83. The van der Waals surface area contributed by atoms with Crippen LogP contribution in [-0.4, -0.2) is 42.9 Å². The molecule has 1 aromatic heterocycles. The van der Waals surface area contributed by atoms with E-state index >= 15 is 0 Å². The van der Waals surface area contributed by atoms with Crippen molar-refractivity contribution >= 4 is 34.6 Å². The van der Waals surface area contributed by atoms with Crippen molar-refractivity contribution < 1.29 is 14.3 Å². The van der Waals surface area contributed by atoms with Crippen molar-refractivity contribution in [1.82, 2.24) is 4.90 Å². The Labute approximate surface area is 114 Å². The summed E-state index contributed by atoms with van der Waals surface area (Å²) in [6.07, 6.45) is 0.501. The number of carbonyl (C=O) groups excluding carboxylic acids is 2. The van der Waals surface area contributed by atoms with E-state index in [0.29, 0.717) is 35.5 Å². The molecule has 2 rings (SSSR count). The topological polar surface area (TPSA) is 46.6 Å². The van der Waals surface area contributed by atoms with Crippen molar-refractivity contribution in [2.45, 2.75) is 12.8 Å². The first kappa shape index (κ1) is 13.5. The zero-order chi connectivity index (χ0) is 13.0. The van der Waals surface area contributed by atoms with E-state index in [1.54, 1.807) is 17.0 Å². The molecule has 6 heteroatoms. The van der Waals surface area contributed by atoms with E-state index in [4.69, 9.17) is 16.3 Å². The van der Waals surface area contributed by atoms with Gasteiger partial charge in [-0.1, -0.05) is 11.6 Å². The first-order valence-corrected chi connectivity index (χ1v) is 7.00. The van der Waals surface area contributed by atoms with Crippen LogP contribution in [0.3, 0.4) is 0 Å². The molecule has 0 atom stereocenters. The van der Waals surface area contributed by atoms with Gasteiger partial charge in [0.15, 0.2) is 5.78 Å². The van der Waals surface area contributed by atoms with Crippen LogP contribution in [-0.2, 0) is 9.53 Å². The summed E-state index contributed by atoms with van der Waals surface area (Å²) in [6.45, 7) is 2.41. The summed E-state index contributed by atoms with van der Waals surface area (Å²) >= 11 is 7.02. The van der Waals surface area contributed by atoms with Crippen molar-refractivity contribution in [2.75, 3.05) is 26.3 Å². The maximum atomic E-state index is 11.8. The third-order valence-corrected chi connectivity index (χ3v) is 4.05. The molecule has 0 unspecified atom stereocenters. The molecule has 1 aliphatic rings. The van der Waals surface area contributed by atoms with Crippen LogP contribution >= 0.6 is 22.9 Å². The molecule has 0 saturated carbocycles. The number of carbonyl (C=O) groups is 2. The second-order valence-electron chi connectivity index (χ2n) is 4.02. The summed E-state index contributed by atoms with van der Waals surface area (Å²) in [6, 6.07) is 3.40. The fraction of sp³-hybridized carbons (Fsp3) is 0.500. The Kier molecular flexibility index (Phi) is 4.74. The van der Waals surface area contributed by atoms with E-state index in [9.17, 15) is 9.59 Å². The van der Waals surface area contributed by atoms with Gasteiger partial charge in [-0.15, -0.1) is 11.3 Å². The molecular formula is C12H14ClNO3S. The lowest BCUT2D eigenvalue weighted by atomic mass is 10.2. The van der Waals surface area contributed by atoms with Gasteiger partial charge in [0, 0.05) is 25.9 Å². The number of halogens is 1. The third kappa shape index (κ3) is 3.54. The van der Waals surface area contributed by atoms with E-state index < -0.39 is 0 Å². The molecule has 1 amide bonds. The van der Waals surface area contributed by atoms with Crippen molar-refractivity contribution in [2.24, 2.45) is 0 Å². The van der Waals surface area contributed by atoms with E-state index in [-0.39, 0.29) is 24.5 Å². The molecule has 2 heterocycles. The highest BCUT2D eigenvalue weighted by atomic mass is 35.5. The van der Waals surface area contributed by atoms with Crippen LogP contribution in [0, 0.1) is 0 Å². The summed E-state index contributed by atoms with van der Waals surface area (Å²) in [5, 5.41) is 0. The highest BCUT2D eigenvalue weighted by Crippen LogP contribution is 2.23. The van der Waals surface area contributed by atoms with E-state index in [2.05, 4.69) is 0 Å². The number of hydrogen-bond donors (Lipinski definition) is 0. The highest BCUT2D eigenvalue weighted by molar-refractivity contribution is 7.18. The quantitative estimate of drug-likeness (QED) is 0.798. The third-order valence-electron chi connectivity index (χ3n) is 2.78. The summed E-state index contributed by atoms with van der Waals surface area (Å²) in [7, 11) is 0. The number of nitrogens with zero attached hydrogens (tertiary/aromatic N) is 1. The van der Waals surface area contributed by atoms with E-state index in [1.807, 2.05) is 0 Å². The second kappa shape index (κ2) is 6.31. The fourth-order valence-corrected chi connectivity index (χ4v) is 2.79. The van der Waals surface area contributed by atoms with Crippen LogP contribution in [0.5, 0.6) is 0 Å². The number of thiophene rings is 1. The minimum atomic E-state index is -0.0199. The molecule has 0 radical (unpaired) electrons. The van der Waals surface area contributed by atoms with Gasteiger partial charge in [0.1, 0.15) is 0 Å². The normalized spacial score (nSPS) is 15.7. The van der Waals surface area contributed by atoms with Crippen molar-refractivity contribution in [1.29, 1.82) is 0 Å². The first-order chi connectivity index (χ1) is 8.66. The second-order valence-corrected chi connectivity index (χ2v) is 5.74. The summed E-state index contributed by atoms with van der Waals surface area (Å²) in [5.74, 6) is 0.00260. The first-order valence-electron chi connectivity index (χ1n) is 5.81. The lowest BCUT2D eigenvalue weighted by Gasteiger charge is -2.26. The van der Waals surface area contributed by atoms with Gasteiger partial charge in [-0.25, -0.2) is 0 Å². The fourth-order valence-electron chi connectivity index (χ4n) is 1.78. The standard InChI is InChI=1S/C12H14ClNO3S/c13-11-3-2-10(18-11)9(15)1-4-12(16)14-5-7-17-8-6-14/h2-3H,1,4-8H2. The Balaban J connectivity index is 1.80. The van der Waals surface area contributed by atoms with E-state index in [0.717, 1.165) is 0 Å². The number of rotatable bonds is 4. The largest absolute Gasteiger partial charge is 0.378 e. The lowest BCUT2D eigenvalue weighted by molar-refractivity contribution is -0.135. The zero-order valence-electron chi connectivity index (χ0n) is 9.86. The van der Waals surface area contributed by atoms with Crippen molar-refractivity contribution in [3.8, 4) is 0 Å². The predicted molar refractivity (Wildman–Crippen MR) is 70.3 cm³/mol. The van der Waals surface area contributed by atoms with Gasteiger partial charge in [0.25, 0.3) is 0 Å². The molecule has 0 bridgehead atoms. The van der Waals surface area contributed by atoms with Gasteiger partial charge in [-0.05, 0) is 12.1 Å². The van der Waals surface area contributed by atoms with Gasteiger partial charge in [0.2, 0.25) is 5.91 Å². The molecule has 4 nitrogen and oxygen atoms in total. The molecule has 1 aromatic rings. The van der Waals surface area contributed by atoms with Gasteiger partial charge >= 0.3 is 0 Å². The Morgan fingerprint density at radius 1 is 1.28 bits per heavy atom. The summed E-state index contributed by atoms with van der Waals surface area (Å²) in [4.78, 5) is 26.0. The van der Waals surface area contributed by atoms with Crippen LogP contribution in [0.4, 0.5) is 0 Å². The Bertz CT molecular complexity index is 440. The number of Topliss-reactive ketones (excluding diaryl/α,β-unsaturated/α-hetero) is 1. The SMILES string of the molecule is O=C(CCC(=O)N1CCOCC1)c1ccc(Cl)s1. The molecule has 0 aromatic carbocycles. The highest BCUT2D eigenvalue weighted by Gasteiger charge is 2.18. The molecule has 1 saturated heterocycles. The zero-order valence-corrected chi connectivity index (χ0v) is 11.4. The lowest BCUT2D eigenvalue weighted by Crippen LogP contribution is -2.40. The van der Waals surface area contributed by atoms with Crippen molar-refractivity contribution in [3.63, 3.8) is 0 Å². The maximum Gasteiger partial charge on any atom is 0.223 e. The molecule has 0 aliphatic carbocycles. The molecule has 18 heavy (non-hydrogen) atoms. The smallest absolute Gasteiger partial charge is 0.223 e. The monoisotopic (exact) mass is 287 g/mol. The molecule has 0 N–H and O–H groups in total. The molecule has 1 aliphatic heterocycles. The van der Waals surface area contributed by atoms with Gasteiger partial charge in [-0.2, -0.15) is 0 Å². The number of amides is 1. The molecule has 0 spiro atoms. The Morgan fingerprint density at radius 3 is 2.61 bits per heavy atom. The van der Waals surface area contributed by atoms with Crippen LogP contribution in [0.25, 0.3) is 0 Å². The van der Waals surface area contributed by atoms with Gasteiger partial charge in [0.05, 0.1) is 22.4 Å². The maximum absolute atomic E-state index is 11.8. The minimum absolute atomic E-state index is 0.0199. The van der Waals surface area contributed by atoms with Crippen LogP contribution in [0.15, 0.2) is 12.1 Å². The molecule has 98 valence electrons. The van der Waals surface area contributed by atoms with Crippen LogP contribution in [0.2, 0.25) is 4.34 Å². The summed E-state index contributed by atoms with van der Waals surface area (Å²) in [5.41, 5.74) is 0. The predicted octanol–water partition coefficient (Wildman–Crippen LogP) is 2.22. The molecule has 1 fully saturated rings. The van der Waals surface area contributed by atoms with Gasteiger partial charge in [-0.3, -0.25) is 9.59 Å². The minimum Gasteiger partial charge on any atom is -0.378 e. The number of ketones is 1. The van der Waals surface area contributed by atoms with Crippen molar-refractivity contribution in [3.05, 3.63) is 21.3 Å². The molecular weight excluding hydrogens is 274 g/mol. The Morgan fingerprint density at radius 2 is 2.00 bits per heavy atom. The number of hydrogen-bond acceptors (Lipinski definition) is 4. The van der Waals surface area contributed by atoms with Crippen LogP contribution in [0.1, 0.15) is 22.5 Å². The number of ether oxygens (including phenoxy) is 1. The summed E-state index contributed by atoms with van der Waals surface area (Å²) < 4.78 is 5.77. The average molecular weight is 288 g/mol. The van der Waals surface area contributed by atoms with E-state index in [1.165, 1.54) is 11.3 Å².